The zero-order valence-corrected chi connectivity index (χ0v) is 14.1. The second-order valence-electron chi connectivity index (χ2n) is 5.02. The predicted molar refractivity (Wildman–Crippen MR) is 104 cm³/mol. The number of benzene rings is 1. The molecule has 26 heavy (non-hydrogen) atoms. The van der Waals surface area contributed by atoms with Crippen LogP contribution in [0, 0.1) is 5.41 Å². The van der Waals surface area contributed by atoms with Gasteiger partial charge in [-0.3, -0.25) is 14.8 Å². The van der Waals surface area contributed by atoms with Crippen molar-refractivity contribution in [2.75, 3.05) is 6.73 Å². The highest BCUT2D eigenvalue weighted by Gasteiger charge is 2.05. The Hall–Kier alpha value is -3.74. The van der Waals surface area contributed by atoms with Gasteiger partial charge in [0.05, 0.1) is 0 Å². The lowest BCUT2D eigenvalue weighted by Crippen LogP contribution is -2.25. The van der Waals surface area contributed by atoms with Gasteiger partial charge in [-0.1, -0.05) is 12.1 Å². The number of rotatable bonds is 8. The first-order valence-electron chi connectivity index (χ1n) is 7.70. The van der Waals surface area contributed by atoms with Crippen LogP contribution in [0.2, 0.25) is 0 Å². The van der Waals surface area contributed by atoms with Gasteiger partial charge in [-0.25, -0.2) is 0 Å². The summed E-state index contributed by atoms with van der Waals surface area (Å²) in [5.41, 5.74) is 8.04. The van der Waals surface area contributed by atoms with E-state index in [-0.39, 0.29) is 12.6 Å². The van der Waals surface area contributed by atoms with Crippen molar-refractivity contribution in [3.05, 3.63) is 66.1 Å². The molecular formula is C19H19N5O2. The molecule has 0 aliphatic carbocycles. The topological polar surface area (TPSA) is 113 Å². The number of amides is 1. The van der Waals surface area contributed by atoms with Gasteiger partial charge in [0.15, 0.2) is 6.73 Å². The van der Waals surface area contributed by atoms with E-state index in [4.69, 9.17) is 15.9 Å². The van der Waals surface area contributed by atoms with E-state index < -0.39 is 0 Å². The quantitative estimate of drug-likeness (QED) is 0.386. The van der Waals surface area contributed by atoms with E-state index in [0.717, 1.165) is 6.21 Å². The van der Waals surface area contributed by atoms with Gasteiger partial charge in [-0.2, -0.15) is 0 Å². The maximum absolute atomic E-state index is 12.0. The number of carbonyl (C=O) groups excluding carboxylic acids is 1. The highest BCUT2D eigenvalue weighted by molar-refractivity contribution is 6.09. The molecule has 0 aliphatic heterocycles. The molecule has 132 valence electrons. The van der Waals surface area contributed by atoms with Crippen molar-refractivity contribution >= 4 is 36.2 Å². The van der Waals surface area contributed by atoms with E-state index in [9.17, 15) is 4.79 Å². The number of allylic oxidation sites excluding steroid dienone is 1. The molecule has 0 unspecified atom stereocenters. The lowest BCUT2D eigenvalue weighted by Gasteiger charge is -2.08. The number of hydrogen-bond donors (Lipinski definition) is 3. The van der Waals surface area contributed by atoms with Gasteiger partial charge in [-0.15, -0.1) is 0 Å². The summed E-state index contributed by atoms with van der Waals surface area (Å²) < 4.78 is 5.48. The third-order valence-electron chi connectivity index (χ3n) is 3.42. The maximum atomic E-state index is 12.0. The second kappa shape index (κ2) is 9.53. The molecule has 1 aromatic carbocycles. The third-order valence-corrected chi connectivity index (χ3v) is 3.42. The van der Waals surface area contributed by atoms with Crippen molar-refractivity contribution in [2.45, 2.75) is 0 Å². The number of carbonyl (C=O) groups is 1. The van der Waals surface area contributed by atoms with Gasteiger partial charge >= 0.3 is 0 Å². The summed E-state index contributed by atoms with van der Waals surface area (Å²) in [7, 11) is 0. The highest BCUT2D eigenvalue weighted by atomic mass is 16.5. The molecule has 7 nitrogen and oxygen atoms in total. The van der Waals surface area contributed by atoms with Crippen LogP contribution in [0.15, 0.2) is 60.0 Å². The van der Waals surface area contributed by atoms with Crippen LogP contribution in [0.1, 0.15) is 11.1 Å². The van der Waals surface area contributed by atoms with Crippen LogP contribution in [0.4, 0.5) is 5.69 Å². The summed E-state index contributed by atoms with van der Waals surface area (Å²) in [6, 6.07) is 8.86. The van der Waals surface area contributed by atoms with Crippen LogP contribution >= 0.6 is 0 Å². The summed E-state index contributed by atoms with van der Waals surface area (Å²) in [6.07, 6.45) is 8.63. The molecule has 4 N–H and O–H groups in total. The molecule has 7 heteroatoms. The Morgan fingerprint density at radius 1 is 1.38 bits per heavy atom. The molecule has 0 fully saturated rings. The molecule has 1 heterocycles. The molecule has 2 aromatic rings. The van der Waals surface area contributed by atoms with Crippen molar-refractivity contribution in [1.82, 2.24) is 10.3 Å². The Labute approximate surface area is 151 Å². The van der Waals surface area contributed by atoms with E-state index in [1.165, 1.54) is 12.3 Å². The fourth-order valence-electron chi connectivity index (χ4n) is 2.14. The minimum atomic E-state index is -0.336. The number of aromatic nitrogens is 1. The minimum Gasteiger partial charge on any atom is -0.471 e. The summed E-state index contributed by atoms with van der Waals surface area (Å²) in [4.78, 5) is 19.8. The zero-order valence-electron chi connectivity index (χ0n) is 14.1. The zero-order chi connectivity index (χ0) is 18.8. The molecule has 1 aromatic heterocycles. The number of hydrogen-bond acceptors (Lipinski definition) is 6. The first-order valence-corrected chi connectivity index (χ1v) is 7.70. The Morgan fingerprint density at radius 2 is 2.19 bits per heavy atom. The SMILES string of the molecule is C=Nc1ccccc1OCNC(=O)/C=C/c1cnccc1/C(C=N)=C/N. The van der Waals surface area contributed by atoms with E-state index in [2.05, 4.69) is 22.0 Å². The highest BCUT2D eigenvalue weighted by Crippen LogP contribution is 2.25. The standard InChI is InChI=1S/C19H19N5O2/c1-22-17-4-2-3-5-18(17)26-13-24-19(25)7-6-14-12-23-9-8-16(14)15(10-20)11-21/h2-12,20H,1,13,21H2,(H,24,25)/b7-6+,15-11+,20-10?. The molecular weight excluding hydrogens is 330 g/mol. The Bertz CT molecular complexity index is 859. The third kappa shape index (κ3) is 4.88. The van der Waals surface area contributed by atoms with Crippen LogP contribution in [0.25, 0.3) is 11.6 Å². The molecule has 0 spiro atoms. The Kier molecular flexibility index (Phi) is 6.82. The van der Waals surface area contributed by atoms with Gasteiger partial charge in [0, 0.05) is 42.0 Å². The monoisotopic (exact) mass is 349 g/mol. The van der Waals surface area contributed by atoms with Gasteiger partial charge < -0.3 is 21.2 Å². The average molecular weight is 349 g/mol. The van der Waals surface area contributed by atoms with Crippen molar-refractivity contribution < 1.29 is 9.53 Å². The van der Waals surface area contributed by atoms with Gasteiger partial charge in [-0.05, 0) is 36.6 Å². The van der Waals surface area contributed by atoms with E-state index >= 15 is 0 Å². The Morgan fingerprint density at radius 3 is 2.92 bits per heavy atom. The normalized spacial score (nSPS) is 11.2. The molecule has 0 aliphatic rings. The van der Waals surface area contributed by atoms with Crippen LogP contribution in [0.3, 0.4) is 0 Å². The molecule has 1 amide bonds. The molecule has 0 saturated heterocycles. The number of aliphatic imine (C=N–C) groups is 1. The summed E-state index contributed by atoms with van der Waals surface area (Å²) in [5, 5.41) is 10.0. The maximum Gasteiger partial charge on any atom is 0.246 e. The van der Waals surface area contributed by atoms with E-state index in [0.29, 0.717) is 28.1 Å². The first-order chi connectivity index (χ1) is 12.7. The first kappa shape index (κ1) is 18.6. The van der Waals surface area contributed by atoms with Crippen molar-refractivity contribution in [1.29, 1.82) is 5.41 Å². The largest absolute Gasteiger partial charge is 0.471 e. The van der Waals surface area contributed by atoms with E-state index in [1.807, 2.05) is 12.1 Å². The second-order valence-corrected chi connectivity index (χ2v) is 5.02. The number of para-hydroxylation sites is 2. The van der Waals surface area contributed by atoms with Crippen LogP contribution in [-0.4, -0.2) is 30.6 Å². The van der Waals surface area contributed by atoms with Crippen LogP contribution in [0.5, 0.6) is 5.75 Å². The number of nitrogens with zero attached hydrogens (tertiary/aromatic N) is 2. The lowest BCUT2D eigenvalue weighted by molar-refractivity contribution is -0.117. The number of ether oxygens (including phenoxy) is 1. The fourth-order valence-corrected chi connectivity index (χ4v) is 2.14. The molecule has 0 atom stereocenters. The minimum absolute atomic E-state index is 0.00987. The van der Waals surface area contributed by atoms with Crippen molar-refractivity contribution in [2.24, 2.45) is 10.7 Å². The van der Waals surface area contributed by atoms with Crippen molar-refractivity contribution in [3.8, 4) is 5.75 Å². The predicted octanol–water partition coefficient (Wildman–Crippen LogP) is 2.53. The molecule has 2 rings (SSSR count). The summed E-state index contributed by atoms with van der Waals surface area (Å²) >= 11 is 0. The van der Waals surface area contributed by atoms with Crippen LogP contribution in [-0.2, 0) is 4.79 Å². The number of pyridine rings is 1. The molecule has 0 saturated carbocycles. The molecule has 0 radical (unpaired) electrons. The number of nitrogens with two attached hydrogens (primary N) is 1. The average Bonchev–Trinajstić information content (AvgIpc) is 2.68. The fraction of sp³-hybridized carbons (Fsp3) is 0.0526. The summed E-state index contributed by atoms with van der Waals surface area (Å²) in [5.74, 6) is 0.196. The van der Waals surface area contributed by atoms with Gasteiger partial charge in [0.1, 0.15) is 11.4 Å². The van der Waals surface area contributed by atoms with Gasteiger partial charge in [0.2, 0.25) is 5.91 Å². The lowest BCUT2D eigenvalue weighted by atomic mass is 10.0. The smallest absolute Gasteiger partial charge is 0.246 e. The van der Waals surface area contributed by atoms with Crippen LogP contribution < -0.4 is 15.8 Å². The van der Waals surface area contributed by atoms with Crippen molar-refractivity contribution in [3.63, 3.8) is 0 Å². The summed E-state index contributed by atoms with van der Waals surface area (Å²) in [6.45, 7) is 3.46. The number of nitrogens with one attached hydrogen (secondary N) is 2. The van der Waals surface area contributed by atoms with E-state index in [1.54, 1.807) is 36.7 Å². The Balaban J connectivity index is 1.98. The molecule has 0 bridgehead atoms. The van der Waals surface area contributed by atoms with Gasteiger partial charge in [0.25, 0.3) is 0 Å².